The van der Waals surface area contributed by atoms with Crippen LogP contribution < -0.4 is 10.6 Å². The number of hydrogen-bond acceptors (Lipinski definition) is 4. The Morgan fingerprint density at radius 3 is 2.00 bits per heavy atom. The number of alkyl carbamates (subject to hydrolysis) is 1. The van der Waals surface area contributed by atoms with Crippen molar-refractivity contribution >= 4 is 18.0 Å². The van der Waals surface area contributed by atoms with Gasteiger partial charge in [0.15, 0.2) is 0 Å². The molecule has 1 aliphatic rings. The van der Waals surface area contributed by atoms with Crippen LogP contribution in [0, 0.1) is 0 Å². The van der Waals surface area contributed by atoms with Crippen molar-refractivity contribution in [3.63, 3.8) is 0 Å². The molecule has 0 spiro atoms. The zero-order valence-corrected chi connectivity index (χ0v) is 19.4. The normalized spacial score (nSPS) is 13.5. The Hall–Kier alpha value is -3.35. The fourth-order valence-electron chi connectivity index (χ4n) is 4.45. The molecule has 7 nitrogen and oxygen atoms in total. The van der Waals surface area contributed by atoms with Gasteiger partial charge >= 0.3 is 12.1 Å². The molecule has 2 aromatic carbocycles. The van der Waals surface area contributed by atoms with Crippen molar-refractivity contribution in [1.29, 1.82) is 0 Å². The number of benzene rings is 2. The van der Waals surface area contributed by atoms with Crippen LogP contribution in [-0.4, -0.2) is 41.3 Å². The molecule has 1 unspecified atom stereocenters. The zero-order chi connectivity index (χ0) is 24.0. The first kappa shape index (κ1) is 24.3. The lowest BCUT2D eigenvalue weighted by molar-refractivity contribution is -0.148. The van der Waals surface area contributed by atoms with Crippen molar-refractivity contribution in [1.82, 2.24) is 10.6 Å². The van der Waals surface area contributed by atoms with Crippen molar-refractivity contribution in [2.75, 3.05) is 6.61 Å². The number of ether oxygens (including phenoxy) is 1. The van der Waals surface area contributed by atoms with Crippen LogP contribution in [-0.2, 0) is 14.3 Å². The second kappa shape index (κ2) is 10.5. The maximum absolute atomic E-state index is 12.8. The summed E-state index contributed by atoms with van der Waals surface area (Å²) in [6, 6.07) is 15.2. The number of fused-ring (bicyclic) bond motifs is 3. The summed E-state index contributed by atoms with van der Waals surface area (Å²) >= 11 is 0. The second-order valence-corrected chi connectivity index (χ2v) is 8.39. The van der Waals surface area contributed by atoms with Gasteiger partial charge in [-0.3, -0.25) is 4.79 Å². The van der Waals surface area contributed by atoms with Crippen LogP contribution in [0.15, 0.2) is 48.5 Å². The van der Waals surface area contributed by atoms with Gasteiger partial charge in [-0.25, -0.2) is 9.59 Å². The number of hydrogen-bond donors (Lipinski definition) is 3. The molecule has 0 bridgehead atoms. The van der Waals surface area contributed by atoms with E-state index in [1.165, 1.54) is 0 Å². The minimum Gasteiger partial charge on any atom is -0.480 e. The molecular weight excluding hydrogens is 420 g/mol. The van der Waals surface area contributed by atoms with Crippen LogP contribution in [0.25, 0.3) is 11.1 Å². The minimum atomic E-state index is -1.36. The van der Waals surface area contributed by atoms with Crippen molar-refractivity contribution in [3.05, 3.63) is 59.7 Å². The monoisotopic (exact) mass is 452 g/mol. The number of carbonyl (C=O) groups excluding carboxylic acids is 2. The summed E-state index contributed by atoms with van der Waals surface area (Å²) < 4.78 is 5.55. The highest BCUT2D eigenvalue weighted by Gasteiger charge is 2.38. The predicted molar refractivity (Wildman–Crippen MR) is 126 cm³/mol. The van der Waals surface area contributed by atoms with E-state index in [0.717, 1.165) is 22.3 Å². The molecule has 7 heteroatoms. The molecule has 1 atom stereocenters. The number of rotatable bonds is 10. The van der Waals surface area contributed by atoms with Gasteiger partial charge in [-0.05, 0) is 41.5 Å². The van der Waals surface area contributed by atoms with E-state index in [1.54, 1.807) is 13.8 Å². The number of carboxylic acid groups (broad SMARTS) is 1. The van der Waals surface area contributed by atoms with Gasteiger partial charge in [-0.2, -0.15) is 0 Å². The van der Waals surface area contributed by atoms with Gasteiger partial charge < -0.3 is 20.5 Å². The Morgan fingerprint density at radius 2 is 1.52 bits per heavy atom. The molecule has 0 saturated heterocycles. The third kappa shape index (κ3) is 5.02. The predicted octanol–water partition coefficient (Wildman–Crippen LogP) is 4.45. The summed E-state index contributed by atoms with van der Waals surface area (Å²) in [7, 11) is 0. The number of carbonyl (C=O) groups is 3. The molecule has 0 aromatic heterocycles. The highest BCUT2D eigenvalue weighted by Crippen LogP contribution is 2.44. The van der Waals surface area contributed by atoms with Gasteiger partial charge in [-0.1, -0.05) is 75.7 Å². The fraction of sp³-hybridized carbons (Fsp3) is 0.423. The summed E-state index contributed by atoms with van der Waals surface area (Å²) in [5.41, 5.74) is 3.12. The Labute approximate surface area is 194 Å². The van der Waals surface area contributed by atoms with Crippen molar-refractivity contribution in [2.24, 2.45) is 0 Å². The molecule has 3 N–H and O–H groups in total. The van der Waals surface area contributed by atoms with E-state index >= 15 is 0 Å². The van der Waals surface area contributed by atoms with Gasteiger partial charge in [0.1, 0.15) is 18.2 Å². The third-order valence-electron chi connectivity index (χ3n) is 6.51. The molecule has 2 aromatic rings. The molecule has 176 valence electrons. The Morgan fingerprint density at radius 1 is 0.970 bits per heavy atom. The van der Waals surface area contributed by atoms with Gasteiger partial charge in [0, 0.05) is 5.92 Å². The van der Waals surface area contributed by atoms with E-state index in [-0.39, 0.29) is 25.4 Å². The van der Waals surface area contributed by atoms with Gasteiger partial charge in [0.05, 0.1) is 0 Å². The van der Waals surface area contributed by atoms with Gasteiger partial charge in [0.2, 0.25) is 5.91 Å². The van der Waals surface area contributed by atoms with Crippen LogP contribution >= 0.6 is 0 Å². The Kier molecular flexibility index (Phi) is 7.74. The molecule has 33 heavy (non-hydrogen) atoms. The summed E-state index contributed by atoms with van der Waals surface area (Å²) in [4.78, 5) is 37.2. The van der Waals surface area contributed by atoms with Crippen LogP contribution in [0.2, 0.25) is 0 Å². The lowest BCUT2D eigenvalue weighted by Gasteiger charge is -2.30. The minimum absolute atomic E-state index is 0.0820. The average Bonchev–Trinajstić information content (AvgIpc) is 3.14. The third-order valence-corrected chi connectivity index (χ3v) is 6.51. The molecule has 3 rings (SSSR count). The first-order chi connectivity index (χ1) is 15.9. The average molecular weight is 453 g/mol. The van der Waals surface area contributed by atoms with Crippen LogP contribution in [0.5, 0.6) is 0 Å². The van der Waals surface area contributed by atoms with Crippen LogP contribution in [0.1, 0.15) is 63.5 Å². The summed E-state index contributed by atoms with van der Waals surface area (Å²) in [6.07, 6.45) is 0.807. The first-order valence-electron chi connectivity index (χ1n) is 11.5. The maximum Gasteiger partial charge on any atom is 0.407 e. The highest BCUT2D eigenvalue weighted by molar-refractivity contribution is 5.91. The number of amides is 2. The van der Waals surface area contributed by atoms with Crippen LogP contribution in [0.3, 0.4) is 0 Å². The second-order valence-electron chi connectivity index (χ2n) is 8.39. The van der Waals surface area contributed by atoms with Crippen molar-refractivity contribution in [3.8, 4) is 11.1 Å². The molecule has 0 aliphatic heterocycles. The molecule has 0 fully saturated rings. The number of nitrogens with one attached hydrogen (secondary N) is 2. The summed E-state index contributed by atoms with van der Waals surface area (Å²) in [6.45, 7) is 5.46. The molecule has 2 amide bonds. The van der Waals surface area contributed by atoms with E-state index in [4.69, 9.17) is 4.74 Å². The summed E-state index contributed by atoms with van der Waals surface area (Å²) in [5.74, 6) is -1.69. The molecule has 1 aliphatic carbocycles. The maximum atomic E-state index is 12.8. The quantitative estimate of drug-likeness (QED) is 0.494. The number of aliphatic carboxylic acids is 1. The van der Waals surface area contributed by atoms with E-state index < -0.39 is 29.6 Å². The van der Waals surface area contributed by atoms with E-state index in [0.29, 0.717) is 12.8 Å². The summed E-state index contributed by atoms with van der Waals surface area (Å²) in [5, 5.41) is 14.9. The number of carboxylic acids is 1. The van der Waals surface area contributed by atoms with Crippen molar-refractivity contribution in [2.45, 2.75) is 64.0 Å². The van der Waals surface area contributed by atoms with Crippen LogP contribution in [0.4, 0.5) is 4.79 Å². The van der Waals surface area contributed by atoms with Gasteiger partial charge in [0.25, 0.3) is 0 Å². The smallest absolute Gasteiger partial charge is 0.407 e. The lowest BCUT2D eigenvalue weighted by Crippen LogP contribution is -2.58. The Bertz CT molecular complexity index is 970. The highest BCUT2D eigenvalue weighted by atomic mass is 16.5. The largest absolute Gasteiger partial charge is 0.480 e. The molecular formula is C26H32N2O5. The van der Waals surface area contributed by atoms with Crippen molar-refractivity contribution < 1.29 is 24.2 Å². The SMILES string of the molecule is CCCC(NC(=O)OCC1c2ccccc2-c2ccccc21)C(=O)NC(CC)(CC)C(=O)O. The Balaban J connectivity index is 1.67. The van der Waals surface area contributed by atoms with Gasteiger partial charge in [-0.15, -0.1) is 0 Å². The standard InChI is InChI=1S/C26H32N2O5/c1-4-11-22(23(29)28-26(5-2,6-3)24(30)31)27-25(32)33-16-21-19-14-9-7-12-17(19)18-13-8-10-15-20(18)21/h7-10,12-15,21-22H,4-6,11,16H2,1-3H3,(H,27,32)(H,28,29)(H,30,31). The molecule has 0 saturated carbocycles. The lowest BCUT2D eigenvalue weighted by atomic mass is 9.92. The van der Waals surface area contributed by atoms with E-state index in [1.807, 2.05) is 43.3 Å². The molecule has 0 heterocycles. The van der Waals surface area contributed by atoms with E-state index in [9.17, 15) is 19.5 Å². The topological polar surface area (TPSA) is 105 Å². The molecule has 0 radical (unpaired) electrons. The fourth-order valence-corrected chi connectivity index (χ4v) is 4.45. The zero-order valence-electron chi connectivity index (χ0n) is 19.4. The first-order valence-corrected chi connectivity index (χ1v) is 11.5. The van der Waals surface area contributed by atoms with E-state index in [2.05, 4.69) is 22.8 Å².